The molecule has 0 aliphatic rings. The average molecular weight is 218 g/mol. The molecule has 0 bridgehead atoms. The number of hydrogen-bond donors (Lipinski definition) is 3. The third-order valence-corrected chi connectivity index (χ3v) is 1.81. The molecule has 0 aromatic carbocycles. The highest BCUT2D eigenvalue weighted by molar-refractivity contribution is 5.82. The van der Waals surface area contributed by atoms with Crippen LogP contribution in [0.2, 0.25) is 0 Å². The number of hydrogen-bond acceptors (Lipinski definition) is 3. The first-order valence-corrected chi connectivity index (χ1v) is 5.40. The van der Waals surface area contributed by atoms with Crippen molar-refractivity contribution in [3.63, 3.8) is 0 Å². The summed E-state index contributed by atoms with van der Waals surface area (Å²) < 4.78 is 0. The first-order valence-electron chi connectivity index (χ1n) is 5.40. The molecular formula is C11H26N2O2. The Morgan fingerprint density at radius 1 is 1.27 bits per heavy atom. The summed E-state index contributed by atoms with van der Waals surface area (Å²) in [6.07, 6.45) is 0. The molecule has 0 aromatic rings. The first-order chi connectivity index (χ1) is 6.69. The van der Waals surface area contributed by atoms with Gasteiger partial charge in [-0.3, -0.25) is 4.79 Å². The van der Waals surface area contributed by atoms with Crippen LogP contribution in [0.1, 0.15) is 41.5 Å². The summed E-state index contributed by atoms with van der Waals surface area (Å²) >= 11 is 0. The maximum absolute atomic E-state index is 11.4. The van der Waals surface area contributed by atoms with Gasteiger partial charge in [0, 0.05) is 13.1 Å². The van der Waals surface area contributed by atoms with Crippen LogP contribution in [0, 0.1) is 5.41 Å². The summed E-state index contributed by atoms with van der Waals surface area (Å²) in [5, 5.41) is 12.0. The van der Waals surface area contributed by atoms with E-state index in [4.69, 9.17) is 5.73 Å². The molecule has 4 N–H and O–H groups in total. The molecule has 0 atom stereocenters. The molecule has 1 amide bonds. The van der Waals surface area contributed by atoms with Crippen LogP contribution < -0.4 is 11.1 Å². The van der Waals surface area contributed by atoms with Gasteiger partial charge in [0.1, 0.15) is 0 Å². The molecule has 0 spiro atoms. The minimum Gasteiger partial charge on any atom is -0.389 e. The van der Waals surface area contributed by atoms with Crippen LogP contribution in [-0.4, -0.2) is 29.7 Å². The summed E-state index contributed by atoms with van der Waals surface area (Å²) in [7, 11) is 0. The monoisotopic (exact) mass is 218 g/mol. The van der Waals surface area contributed by atoms with Gasteiger partial charge in [-0.2, -0.15) is 0 Å². The minimum absolute atomic E-state index is 0.128. The lowest BCUT2D eigenvalue weighted by atomic mass is 9.92. The van der Waals surface area contributed by atoms with Crippen LogP contribution in [0.25, 0.3) is 0 Å². The fourth-order valence-electron chi connectivity index (χ4n) is 0.629. The molecule has 15 heavy (non-hydrogen) atoms. The molecule has 0 aliphatic heterocycles. The van der Waals surface area contributed by atoms with Crippen molar-refractivity contribution in [2.75, 3.05) is 13.1 Å². The Bertz CT molecular complexity index is 184. The highest BCUT2D eigenvalue weighted by atomic mass is 16.3. The average Bonchev–Trinajstić information content (AvgIpc) is 2.16. The number of nitrogens with one attached hydrogen (secondary N) is 1. The van der Waals surface area contributed by atoms with E-state index in [1.165, 1.54) is 0 Å². The molecule has 4 heteroatoms. The SMILES string of the molecule is CC.CC(C)(O)CNC(=O)C(C)(C)CN. The largest absolute Gasteiger partial charge is 0.389 e. The molecule has 0 rings (SSSR count). The van der Waals surface area contributed by atoms with E-state index >= 15 is 0 Å². The lowest BCUT2D eigenvalue weighted by molar-refractivity contribution is -0.129. The zero-order valence-electron chi connectivity index (χ0n) is 10.8. The lowest BCUT2D eigenvalue weighted by Gasteiger charge is -2.24. The molecule has 0 radical (unpaired) electrons. The van der Waals surface area contributed by atoms with Crippen molar-refractivity contribution in [2.45, 2.75) is 47.1 Å². The minimum atomic E-state index is -0.875. The maximum Gasteiger partial charge on any atom is 0.227 e. The highest BCUT2D eigenvalue weighted by Crippen LogP contribution is 2.12. The van der Waals surface area contributed by atoms with Crippen LogP contribution in [0.4, 0.5) is 0 Å². The van der Waals surface area contributed by atoms with Crippen molar-refractivity contribution in [2.24, 2.45) is 11.1 Å². The molecular weight excluding hydrogens is 192 g/mol. The number of carbonyl (C=O) groups is 1. The van der Waals surface area contributed by atoms with Crippen molar-refractivity contribution in [3.05, 3.63) is 0 Å². The molecule has 0 aromatic heterocycles. The van der Waals surface area contributed by atoms with Gasteiger partial charge < -0.3 is 16.2 Å². The molecule has 0 fully saturated rings. The second kappa shape index (κ2) is 6.80. The summed E-state index contributed by atoms with van der Waals surface area (Å²) in [5.74, 6) is -0.128. The molecule has 4 nitrogen and oxygen atoms in total. The zero-order chi connectivity index (χ0) is 12.7. The fourth-order valence-corrected chi connectivity index (χ4v) is 0.629. The van der Waals surface area contributed by atoms with Gasteiger partial charge in [-0.15, -0.1) is 0 Å². The molecule has 0 heterocycles. The Morgan fingerprint density at radius 2 is 1.67 bits per heavy atom. The van der Waals surface area contributed by atoms with Crippen LogP contribution in [-0.2, 0) is 4.79 Å². The molecule has 0 aliphatic carbocycles. The van der Waals surface area contributed by atoms with Crippen molar-refractivity contribution in [1.29, 1.82) is 0 Å². The summed E-state index contributed by atoms with van der Waals surface area (Å²) in [6, 6.07) is 0. The smallest absolute Gasteiger partial charge is 0.227 e. The number of aliphatic hydroxyl groups is 1. The van der Waals surface area contributed by atoms with E-state index in [9.17, 15) is 9.90 Å². The predicted molar refractivity (Wildman–Crippen MR) is 63.5 cm³/mol. The van der Waals surface area contributed by atoms with Crippen LogP contribution >= 0.6 is 0 Å². The zero-order valence-corrected chi connectivity index (χ0v) is 10.8. The summed E-state index contributed by atoms with van der Waals surface area (Å²) in [4.78, 5) is 11.4. The Hall–Kier alpha value is -0.610. The number of carbonyl (C=O) groups excluding carboxylic acids is 1. The highest BCUT2D eigenvalue weighted by Gasteiger charge is 2.26. The first kappa shape index (κ1) is 16.8. The third-order valence-electron chi connectivity index (χ3n) is 1.81. The number of amides is 1. The third kappa shape index (κ3) is 8.39. The van der Waals surface area contributed by atoms with Gasteiger partial charge in [-0.05, 0) is 27.7 Å². The Balaban J connectivity index is 0. The van der Waals surface area contributed by atoms with Crippen molar-refractivity contribution < 1.29 is 9.90 Å². The van der Waals surface area contributed by atoms with E-state index in [1.807, 2.05) is 13.8 Å². The lowest BCUT2D eigenvalue weighted by Crippen LogP contribution is -2.46. The Kier molecular flexibility index (Phi) is 7.62. The van der Waals surface area contributed by atoms with Gasteiger partial charge in [0.05, 0.1) is 11.0 Å². The summed E-state index contributed by atoms with van der Waals surface area (Å²) in [5.41, 5.74) is 3.98. The Labute approximate surface area is 93.2 Å². The molecule has 0 saturated heterocycles. The van der Waals surface area contributed by atoms with Gasteiger partial charge in [-0.25, -0.2) is 0 Å². The maximum atomic E-state index is 11.4. The van der Waals surface area contributed by atoms with Crippen LogP contribution in [0.15, 0.2) is 0 Å². The van der Waals surface area contributed by atoms with E-state index < -0.39 is 11.0 Å². The molecule has 0 unspecified atom stereocenters. The quantitative estimate of drug-likeness (QED) is 0.656. The van der Waals surface area contributed by atoms with E-state index in [2.05, 4.69) is 5.32 Å². The topological polar surface area (TPSA) is 75.3 Å². The van der Waals surface area contributed by atoms with Crippen molar-refractivity contribution in [3.8, 4) is 0 Å². The second-order valence-corrected chi connectivity index (χ2v) is 4.58. The predicted octanol–water partition coefficient (Wildman–Crippen LogP) is 0.885. The fraction of sp³-hybridized carbons (Fsp3) is 0.909. The number of rotatable bonds is 4. The molecule has 0 saturated carbocycles. The summed E-state index contributed by atoms with van der Waals surface area (Å²) in [6.45, 7) is 11.4. The van der Waals surface area contributed by atoms with Crippen molar-refractivity contribution >= 4 is 5.91 Å². The van der Waals surface area contributed by atoms with E-state index in [-0.39, 0.29) is 12.5 Å². The van der Waals surface area contributed by atoms with E-state index in [1.54, 1.807) is 27.7 Å². The normalized spacial score (nSPS) is 11.5. The van der Waals surface area contributed by atoms with Gasteiger partial charge >= 0.3 is 0 Å². The van der Waals surface area contributed by atoms with Gasteiger partial charge in [0.25, 0.3) is 0 Å². The van der Waals surface area contributed by atoms with Crippen LogP contribution in [0.3, 0.4) is 0 Å². The van der Waals surface area contributed by atoms with E-state index in [0.29, 0.717) is 6.54 Å². The Morgan fingerprint density at radius 3 is 1.93 bits per heavy atom. The second-order valence-electron chi connectivity index (χ2n) is 4.58. The number of nitrogens with two attached hydrogens (primary N) is 1. The van der Waals surface area contributed by atoms with Gasteiger partial charge in [-0.1, -0.05) is 13.8 Å². The van der Waals surface area contributed by atoms with Gasteiger partial charge in [0.15, 0.2) is 0 Å². The van der Waals surface area contributed by atoms with E-state index in [0.717, 1.165) is 0 Å². The standard InChI is InChI=1S/C9H20N2O2.C2H6/c1-8(2,5-10)7(12)11-6-9(3,4)13;1-2/h13H,5-6,10H2,1-4H3,(H,11,12);1-2H3. The van der Waals surface area contributed by atoms with Gasteiger partial charge in [0.2, 0.25) is 5.91 Å². The van der Waals surface area contributed by atoms with Crippen molar-refractivity contribution in [1.82, 2.24) is 5.32 Å². The van der Waals surface area contributed by atoms with Crippen LogP contribution in [0.5, 0.6) is 0 Å². The molecule has 92 valence electrons.